The predicted molar refractivity (Wildman–Crippen MR) is 111 cm³/mol. The van der Waals surface area contributed by atoms with Crippen molar-refractivity contribution in [3.8, 4) is 5.75 Å². The lowest BCUT2D eigenvalue weighted by Gasteiger charge is -2.26. The van der Waals surface area contributed by atoms with Gasteiger partial charge in [0, 0.05) is 13.1 Å². The second-order valence-electron chi connectivity index (χ2n) is 7.15. The molecule has 1 aliphatic heterocycles. The van der Waals surface area contributed by atoms with Gasteiger partial charge in [0.1, 0.15) is 29.7 Å². The molecule has 0 atom stereocenters. The van der Waals surface area contributed by atoms with Gasteiger partial charge in [-0.25, -0.2) is 17.6 Å². The van der Waals surface area contributed by atoms with Crippen molar-refractivity contribution in [2.24, 2.45) is 0 Å². The van der Waals surface area contributed by atoms with Crippen molar-refractivity contribution < 1.29 is 31.9 Å². The van der Waals surface area contributed by atoms with Crippen molar-refractivity contribution in [1.29, 1.82) is 0 Å². The Bertz CT molecular complexity index is 1060. The predicted octanol–water partition coefficient (Wildman–Crippen LogP) is 3.44. The fourth-order valence-corrected chi connectivity index (χ4v) is 4.93. The van der Waals surface area contributed by atoms with Crippen molar-refractivity contribution in [3.63, 3.8) is 0 Å². The van der Waals surface area contributed by atoms with Crippen LogP contribution in [0.25, 0.3) is 0 Å². The minimum absolute atomic E-state index is 0.00381. The third-order valence-corrected chi connectivity index (χ3v) is 6.85. The van der Waals surface area contributed by atoms with Crippen LogP contribution in [0.3, 0.4) is 0 Å². The van der Waals surface area contributed by atoms with Gasteiger partial charge in [0.2, 0.25) is 10.0 Å². The number of carbonyl (C=O) groups excluding carboxylic acids is 2. The summed E-state index contributed by atoms with van der Waals surface area (Å²) in [4.78, 5) is 23.4. The summed E-state index contributed by atoms with van der Waals surface area (Å²) in [5.41, 5.74) is 0.348. The van der Waals surface area contributed by atoms with Gasteiger partial charge < -0.3 is 9.47 Å². The number of piperidine rings is 1. The molecule has 1 saturated heterocycles. The summed E-state index contributed by atoms with van der Waals surface area (Å²) in [5.74, 6) is -1.48. The molecule has 0 saturated carbocycles. The van der Waals surface area contributed by atoms with E-state index in [2.05, 4.69) is 0 Å². The van der Waals surface area contributed by atoms with Crippen molar-refractivity contribution in [2.75, 3.05) is 26.3 Å². The molecule has 9 heteroatoms. The van der Waals surface area contributed by atoms with E-state index in [-0.39, 0.29) is 24.6 Å². The summed E-state index contributed by atoms with van der Waals surface area (Å²) in [6, 6.07) is 9.84. The quantitative estimate of drug-likeness (QED) is 0.348. The Hall–Kier alpha value is -2.78. The van der Waals surface area contributed by atoms with Crippen molar-refractivity contribution in [1.82, 2.24) is 4.31 Å². The third kappa shape index (κ3) is 5.48. The molecule has 7 nitrogen and oxygen atoms in total. The molecule has 1 fully saturated rings. The molecule has 0 amide bonds. The molecule has 1 heterocycles. The zero-order chi connectivity index (χ0) is 22.4. The number of esters is 1. The van der Waals surface area contributed by atoms with E-state index >= 15 is 0 Å². The average molecular weight is 450 g/mol. The number of rotatable bonds is 8. The highest BCUT2D eigenvalue weighted by Gasteiger charge is 2.29. The SMILES string of the molecule is CC(=O)c1ccccc1OCCOC(=O)c1ccc(F)c(S(=O)(=O)N2CCCCC2)c1. The Morgan fingerprint density at radius 1 is 1.03 bits per heavy atom. The number of para-hydroxylation sites is 1. The number of hydrogen-bond acceptors (Lipinski definition) is 6. The van der Waals surface area contributed by atoms with Gasteiger partial charge in [-0.15, -0.1) is 0 Å². The number of ketones is 1. The zero-order valence-corrected chi connectivity index (χ0v) is 18.0. The van der Waals surface area contributed by atoms with E-state index < -0.39 is 26.7 Å². The molecular formula is C22H24FNO6S. The van der Waals surface area contributed by atoms with E-state index in [9.17, 15) is 22.4 Å². The second kappa shape index (κ2) is 10.0. The topological polar surface area (TPSA) is 90.0 Å². The summed E-state index contributed by atoms with van der Waals surface area (Å²) in [5, 5.41) is 0. The number of Topliss-reactive ketones (excluding diaryl/α,β-unsaturated/α-hetero) is 1. The van der Waals surface area contributed by atoms with E-state index in [1.807, 2.05) is 0 Å². The molecule has 0 spiro atoms. The Morgan fingerprint density at radius 3 is 2.45 bits per heavy atom. The zero-order valence-electron chi connectivity index (χ0n) is 17.2. The molecule has 2 aromatic carbocycles. The van der Waals surface area contributed by atoms with Gasteiger partial charge in [0.15, 0.2) is 5.78 Å². The van der Waals surface area contributed by atoms with Crippen LogP contribution in [0.2, 0.25) is 0 Å². The lowest BCUT2D eigenvalue weighted by Crippen LogP contribution is -2.36. The molecular weight excluding hydrogens is 425 g/mol. The van der Waals surface area contributed by atoms with Crippen LogP contribution in [0.4, 0.5) is 4.39 Å². The number of halogens is 1. The molecule has 0 aromatic heterocycles. The van der Waals surface area contributed by atoms with Crippen LogP contribution in [0, 0.1) is 5.82 Å². The summed E-state index contributed by atoms with van der Waals surface area (Å²) < 4.78 is 51.7. The van der Waals surface area contributed by atoms with Gasteiger partial charge in [-0.2, -0.15) is 4.31 Å². The molecule has 166 valence electrons. The minimum Gasteiger partial charge on any atom is -0.489 e. The average Bonchev–Trinajstić information content (AvgIpc) is 2.77. The van der Waals surface area contributed by atoms with Gasteiger partial charge in [0.25, 0.3) is 0 Å². The van der Waals surface area contributed by atoms with E-state index in [1.54, 1.807) is 24.3 Å². The van der Waals surface area contributed by atoms with Crippen molar-refractivity contribution in [2.45, 2.75) is 31.1 Å². The Kier molecular flexibility index (Phi) is 7.40. The molecule has 0 bridgehead atoms. The third-order valence-electron chi connectivity index (χ3n) is 4.94. The van der Waals surface area contributed by atoms with Crippen LogP contribution in [0.15, 0.2) is 47.4 Å². The normalized spacial score (nSPS) is 14.8. The Balaban J connectivity index is 1.64. The largest absolute Gasteiger partial charge is 0.489 e. The van der Waals surface area contributed by atoms with Crippen LogP contribution in [-0.4, -0.2) is 50.8 Å². The van der Waals surface area contributed by atoms with E-state index in [1.165, 1.54) is 17.3 Å². The smallest absolute Gasteiger partial charge is 0.338 e. The van der Waals surface area contributed by atoms with Crippen LogP contribution in [0.1, 0.15) is 46.9 Å². The minimum atomic E-state index is -4.03. The van der Waals surface area contributed by atoms with Gasteiger partial charge in [-0.1, -0.05) is 18.6 Å². The highest BCUT2D eigenvalue weighted by atomic mass is 32.2. The highest BCUT2D eigenvalue weighted by Crippen LogP contribution is 2.24. The first kappa shape index (κ1) is 22.9. The molecule has 0 radical (unpaired) electrons. The van der Waals surface area contributed by atoms with Crippen LogP contribution >= 0.6 is 0 Å². The summed E-state index contributed by atoms with van der Waals surface area (Å²) in [6.45, 7) is 1.95. The molecule has 3 rings (SSSR count). The van der Waals surface area contributed by atoms with E-state index in [0.29, 0.717) is 24.4 Å². The second-order valence-corrected chi connectivity index (χ2v) is 9.05. The maximum Gasteiger partial charge on any atom is 0.338 e. The van der Waals surface area contributed by atoms with Gasteiger partial charge in [-0.3, -0.25) is 4.79 Å². The van der Waals surface area contributed by atoms with Gasteiger partial charge >= 0.3 is 5.97 Å². The maximum atomic E-state index is 14.3. The Morgan fingerprint density at radius 2 is 1.74 bits per heavy atom. The van der Waals surface area contributed by atoms with E-state index in [0.717, 1.165) is 31.4 Å². The number of sulfonamides is 1. The fourth-order valence-electron chi connectivity index (χ4n) is 3.33. The summed E-state index contributed by atoms with van der Waals surface area (Å²) >= 11 is 0. The summed E-state index contributed by atoms with van der Waals surface area (Å²) in [7, 11) is -4.03. The molecule has 0 N–H and O–H groups in total. The monoisotopic (exact) mass is 449 g/mol. The molecule has 1 aliphatic rings. The first-order valence-corrected chi connectivity index (χ1v) is 11.4. The van der Waals surface area contributed by atoms with Crippen molar-refractivity contribution >= 4 is 21.8 Å². The maximum absolute atomic E-state index is 14.3. The molecule has 0 unspecified atom stereocenters. The number of nitrogens with zero attached hydrogens (tertiary/aromatic N) is 1. The van der Waals surface area contributed by atoms with E-state index in [4.69, 9.17) is 9.47 Å². The van der Waals surface area contributed by atoms with Crippen molar-refractivity contribution in [3.05, 3.63) is 59.4 Å². The van der Waals surface area contributed by atoms with Crippen LogP contribution in [0.5, 0.6) is 5.75 Å². The highest BCUT2D eigenvalue weighted by molar-refractivity contribution is 7.89. The van der Waals surface area contributed by atoms with Crippen LogP contribution in [-0.2, 0) is 14.8 Å². The fraction of sp³-hybridized carbons (Fsp3) is 0.364. The molecule has 2 aromatic rings. The molecule has 0 aliphatic carbocycles. The lowest BCUT2D eigenvalue weighted by atomic mass is 10.1. The number of ether oxygens (including phenoxy) is 2. The number of hydrogen-bond donors (Lipinski definition) is 0. The lowest BCUT2D eigenvalue weighted by molar-refractivity contribution is 0.0449. The van der Waals surface area contributed by atoms with Gasteiger partial charge in [0.05, 0.1) is 11.1 Å². The first-order chi connectivity index (χ1) is 14.8. The van der Waals surface area contributed by atoms with Crippen LogP contribution < -0.4 is 4.74 Å². The Labute approximate surface area is 180 Å². The molecule has 31 heavy (non-hydrogen) atoms. The number of carbonyl (C=O) groups is 2. The number of benzene rings is 2. The van der Waals surface area contributed by atoms with Gasteiger partial charge in [-0.05, 0) is 50.1 Å². The first-order valence-electron chi connectivity index (χ1n) is 10.0. The standard InChI is InChI=1S/C22H24FNO6S/c1-16(25)18-7-3-4-8-20(18)29-13-14-30-22(26)17-9-10-19(23)21(15-17)31(27,28)24-11-5-2-6-12-24/h3-4,7-10,15H,2,5-6,11-14H2,1H3. The summed E-state index contributed by atoms with van der Waals surface area (Å²) in [6.07, 6.45) is 2.37.